The van der Waals surface area contributed by atoms with Gasteiger partial charge in [0.15, 0.2) is 0 Å². The standard InChI is InChI=1S/C14H14F2N2/c1-9-5-6-10(15)8-11(9)13(17-2)14-12(16)4-3-7-18-14/h3-8,13,17H,1-2H3. The number of aromatic nitrogens is 1. The molecule has 2 nitrogen and oxygen atoms in total. The Kier molecular flexibility index (Phi) is 3.67. The third-order valence-electron chi connectivity index (χ3n) is 2.90. The van der Waals surface area contributed by atoms with Crippen molar-refractivity contribution in [2.24, 2.45) is 0 Å². The van der Waals surface area contributed by atoms with Crippen LogP contribution in [0, 0.1) is 18.6 Å². The highest BCUT2D eigenvalue weighted by Crippen LogP contribution is 2.25. The third kappa shape index (κ3) is 2.38. The van der Waals surface area contributed by atoms with Crippen LogP contribution in [0.3, 0.4) is 0 Å². The van der Waals surface area contributed by atoms with Crippen LogP contribution in [-0.2, 0) is 0 Å². The molecule has 0 fully saturated rings. The van der Waals surface area contributed by atoms with E-state index in [2.05, 4.69) is 10.3 Å². The van der Waals surface area contributed by atoms with Crippen molar-refractivity contribution in [1.29, 1.82) is 0 Å². The summed E-state index contributed by atoms with van der Waals surface area (Å²) >= 11 is 0. The normalized spacial score (nSPS) is 12.4. The Balaban J connectivity index is 2.52. The van der Waals surface area contributed by atoms with E-state index in [1.807, 2.05) is 6.92 Å². The second-order valence-corrected chi connectivity index (χ2v) is 4.09. The largest absolute Gasteiger partial charge is 0.308 e. The summed E-state index contributed by atoms with van der Waals surface area (Å²) in [7, 11) is 1.70. The number of halogens is 2. The van der Waals surface area contributed by atoms with Crippen molar-refractivity contribution in [1.82, 2.24) is 10.3 Å². The number of rotatable bonds is 3. The molecule has 1 N–H and O–H groups in total. The van der Waals surface area contributed by atoms with Gasteiger partial charge in [-0.05, 0) is 49.4 Å². The summed E-state index contributed by atoms with van der Waals surface area (Å²) in [4.78, 5) is 4.04. The van der Waals surface area contributed by atoms with Crippen LogP contribution in [0.5, 0.6) is 0 Å². The van der Waals surface area contributed by atoms with Crippen LogP contribution in [0.1, 0.15) is 22.9 Å². The Morgan fingerprint density at radius 2 is 2.00 bits per heavy atom. The molecule has 1 unspecified atom stereocenters. The Morgan fingerprint density at radius 1 is 1.22 bits per heavy atom. The Labute approximate surface area is 105 Å². The van der Waals surface area contributed by atoms with E-state index in [4.69, 9.17) is 0 Å². The molecule has 0 aliphatic carbocycles. The highest BCUT2D eigenvalue weighted by Gasteiger charge is 2.19. The molecule has 1 heterocycles. The van der Waals surface area contributed by atoms with Gasteiger partial charge in [0.25, 0.3) is 0 Å². The topological polar surface area (TPSA) is 24.9 Å². The molecular weight excluding hydrogens is 234 g/mol. The average Bonchev–Trinajstić information content (AvgIpc) is 2.36. The molecule has 0 spiro atoms. The zero-order valence-electron chi connectivity index (χ0n) is 10.2. The molecular formula is C14H14F2N2. The van der Waals surface area contributed by atoms with E-state index in [0.717, 1.165) is 5.56 Å². The van der Waals surface area contributed by atoms with Gasteiger partial charge < -0.3 is 5.32 Å². The maximum atomic E-state index is 13.7. The van der Waals surface area contributed by atoms with Crippen molar-refractivity contribution in [3.05, 3.63) is 65.0 Å². The van der Waals surface area contributed by atoms with Crippen molar-refractivity contribution < 1.29 is 8.78 Å². The predicted molar refractivity (Wildman–Crippen MR) is 66.2 cm³/mol. The molecule has 0 saturated carbocycles. The van der Waals surface area contributed by atoms with Crippen molar-refractivity contribution >= 4 is 0 Å². The van der Waals surface area contributed by atoms with Gasteiger partial charge in [-0.1, -0.05) is 6.07 Å². The minimum Gasteiger partial charge on any atom is -0.308 e. The molecule has 0 aliphatic rings. The molecule has 2 rings (SSSR count). The van der Waals surface area contributed by atoms with Gasteiger partial charge in [0, 0.05) is 6.20 Å². The number of pyridine rings is 1. The van der Waals surface area contributed by atoms with Crippen LogP contribution < -0.4 is 5.32 Å². The van der Waals surface area contributed by atoms with Gasteiger partial charge in [-0.2, -0.15) is 0 Å². The summed E-state index contributed by atoms with van der Waals surface area (Å²) < 4.78 is 27.1. The molecule has 0 amide bonds. The molecule has 1 atom stereocenters. The molecule has 0 saturated heterocycles. The lowest BCUT2D eigenvalue weighted by Crippen LogP contribution is -2.21. The van der Waals surface area contributed by atoms with E-state index in [-0.39, 0.29) is 11.5 Å². The second-order valence-electron chi connectivity index (χ2n) is 4.09. The number of hydrogen-bond donors (Lipinski definition) is 1. The van der Waals surface area contributed by atoms with E-state index < -0.39 is 11.9 Å². The van der Waals surface area contributed by atoms with Gasteiger partial charge in [-0.3, -0.25) is 4.98 Å². The van der Waals surface area contributed by atoms with Gasteiger partial charge in [0.2, 0.25) is 0 Å². The van der Waals surface area contributed by atoms with Crippen LogP contribution in [0.25, 0.3) is 0 Å². The first-order valence-electron chi connectivity index (χ1n) is 5.67. The maximum absolute atomic E-state index is 13.7. The monoisotopic (exact) mass is 248 g/mol. The zero-order chi connectivity index (χ0) is 13.1. The number of nitrogens with one attached hydrogen (secondary N) is 1. The molecule has 0 bridgehead atoms. The van der Waals surface area contributed by atoms with Crippen molar-refractivity contribution in [2.45, 2.75) is 13.0 Å². The van der Waals surface area contributed by atoms with Gasteiger partial charge >= 0.3 is 0 Å². The van der Waals surface area contributed by atoms with E-state index in [1.54, 1.807) is 13.1 Å². The van der Waals surface area contributed by atoms with Crippen molar-refractivity contribution in [2.75, 3.05) is 7.05 Å². The summed E-state index contributed by atoms with van der Waals surface area (Å²) in [5, 5.41) is 2.97. The molecule has 94 valence electrons. The predicted octanol–water partition coefficient (Wildman–Crippen LogP) is 2.98. The zero-order valence-corrected chi connectivity index (χ0v) is 10.2. The van der Waals surface area contributed by atoms with Crippen LogP contribution in [0.4, 0.5) is 8.78 Å². The van der Waals surface area contributed by atoms with Crippen molar-refractivity contribution in [3.8, 4) is 0 Å². The number of aryl methyl sites for hydroxylation is 1. The van der Waals surface area contributed by atoms with Crippen LogP contribution >= 0.6 is 0 Å². The lowest BCUT2D eigenvalue weighted by Gasteiger charge is -2.18. The fourth-order valence-corrected chi connectivity index (χ4v) is 1.97. The summed E-state index contributed by atoms with van der Waals surface area (Å²) in [6.45, 7) is 1.86. The summed E-state index contributed by atoms with van der Waals surface area (Å²) in [5.74, 6) is -0.743. The summed E-state index contributed by atoms with van der Waals surface area (Å²) in [6.07, 6.45) is 1.53. The highest BCUT2D eigenvalue weighted by molar-refractivity contribution is 5.35. The number of hydrogen-bond acceptors (Lipinski definition) is 2. The average molecular weight is 248 g/mol. The van der Waals surface area contributed by atoms with Crippen LogP contribution in [0.15, 0.2) is 36.5 Å². The van der Waals surface area contributed by atoms with E-state index >= 15 is 0 Å². The van der Waals surface area contributed by atoms with Gasteiger partial charge in [0.05, 0.1) is 11.7 Å². The second kappa shape index (κ2) is 5.23. The molecule has 4 heteroatoms. The number of benzene rings is 1. The molecule has 1 aromatic heterocycles. The Bertz CT molecular complexity index is 555. The smallest absolute Gasteiger partial charge is 0.146 e. The summed E-state index contributed by atoms with van der Waals surface area (Å²) in [6, 6.07) is 6.90. The van der Waals surface area contributed by atoms with Crippen LogP contribution in [0.2, 0.25) is 0 Å². The highest BCUT2D eigenvalue weighted by atomic mass is 19.1. The van der Waals surface area contributed by atoms with Gasteiger partial charge in [0.1, 0.15) is 11.6 Å². The van der Waals surface area contributed by atoms with Gasteiger partial charge in [-0.25, -0.2) is 8.78 Å². The Hall–Kier alpha value is -1.81. The molecule has 1 aromatic carbocycles. The minimum atomic E-state index is -0.457. The lowest BCUT2D eigenvalue weighted by atomic mass is 9.98. The maximum Gasteiger partial charge on any atom is 0.146 e. The first kappa shape index (κ1) is 12.6. The quantitative estimate of drug-likeness (QED) is 0.903. The first-order valence-corrected chi connectivity index (χ1v) is 5.67. The molecule has 2 aromatic rings. The van der Waals surface area contributed by atoms with Crippen molar-refractivity contribution in [3.63, 3.8) is 0 Å². The van der Waals surface area contributed by atoms with E-state index in [1.165, 1.54) is 30.5 Å². The lowest BCUT2D eigenvalue weighted by molar-refractivity contribution is 0.555. The molecule has 18 heavy (non-hydrogen) atoms. The first-order chi connectivity index (χ1) is 8.63. The van der Waals surface area contributed by atoms with Gasteiger partial charge in [-0.15, -0.1) is 0 Å². The number of nitrogens with zero attached hydrogens (tertiary/aromatic N) is 1. The minimum absolute atomic E-state index is 0.272. The Morgan fingerprint density at radius 3 is 2.67 bits per heavy atom. The van der Waals surface area contributed by atoms with Crippen LogP contribution in [-0.4, -0.2) is 12.0 Å². The third-order valence-corrected chi connectivity index (χ3v) is 2.90. The fraction of sp³-hybridized carbons (Fsp3) is 0.214. The molecule has 0 radical (unpaired) electrons. The summed E-state index contributed by atoms with van der Waals surface area (Å²) in [5.41, 5.74) is 1.85. The van der Waals surface area contributed by atoms with E-state index in [0.29, 0.717) is 5.56 Å². The SMILES string of the molecule is CNC(c1cc(F)ccc1C)c1ncccc1F. The van der Waals surface area contributed by atoms with E-state index in [9.17, 15) is 8.78 Å². The fourth-order valence-electron chi connectivity index (χ4n) is 1.97. The molecule has 0 aliphatic heterocycles.